The van der Waals surface area contributed by atoms with Crippen LogP contribution in [-0.4, -0.2) is 14.2 Å². The van der Waals surface area contributed by atoms with E-state index in [2.05, 4.69) is 30.0 Å². The second-order valence-corrected chi connectivity index (χ2v) is 8.80. The van der Waals surface area contributed by atoms with Crippen molar-refractivity contribution in [1.82, 2.24) is 0 Å². The second kappa shape index (κ2) is 5.21. The van der Waals surface area contributed by atoms with Crippen LogP contribution in [0, 0.1) is 0 Å². The van der Waals surface area contributed by atoms with Crippen molar-refractivity contribution in [2.75, 3.05) is 6.17 Å². The number of nitrogens with zero attached hydrogens (tertiary/aromatic N) is 3. The van der Waals surface area contributed by atoms with Crippen molar-refractivity contribution < 1.29 is 0 Å². The van der Waals surface area contributed by atoms with Crippen molar-refractivity contribution in [2.45, 2.75) is 38.9 Å². The molecule has 0 unspecified atom stereocenters. The van der Waals surface area contributed by atoms with E-state index in [1.165, 1.54) is 18.9 Å². The highest BCUT2D eigenvalue weighted by Crippen LogP contribution is 2.13. The molecule has 0 atom stereocenters. The highest BCUT2D eigenvalue weighted by molar-refractivity contribution is 6.77. The molecule has 4 heteroatoms. The van der Waals surface area contributed by atoms with Gasteiger partial charge in [0.25, 0.3) is 0 Å². The topological polar surface area (TPSA) is 48.8 Å². The van der Waals surface area contributed by atoms with Gasteiger partial charge in [-0.1, -0.05) is 44.0 Å². The molecule has 0 bridgehead atoms. The molecule has 0 saturated carbocycles. The molecule has 0 aliphatic carbocycles. The third kappa shape index (κ3) is 5.95. The van der Waals surface area contributed by atoms with Gasteiger partial charge in [0.15, 0.2) is 0 Å². The van der Waals surface area contributed by atoms with Crippen molar-refractivity contribution in [3.63, 3.8) is 0 Å². The Balaban J connectivity index is 3.69. The summed E-state index contributed by atoms with van der Waals surface area (Å²) in [5.41, 5.74) is 8.14. The molecule has 0 spiro atoms. The molecule has 0 radical (unpaired) electrons. The number of unbranched alkanes of at least 4 members (excludes halogenated alkanes) is 1. The van der Waals surface area contributed by atoms with Crippen LogP contribution in [0.15, 0.2) is 5.11 Å². The van der Waals surface area contributed by atoms with E-state index in [4.69, 9.17) is 5.53 Å². The first-order valence-corrected chi connectivity index (χ1v) is 7.54. The van der Waals surface area contributed by atoms with E-state index in [-0.39, 0.29) is 0 Å². The Hall–Kier alpha value is -0.473. The summed E-state index contributed by atoms with van der Waals surface area (Å²) in [6.07, 6.45) is 3.27. The molecule has 0 aromatic heterocycles. The summed E-state index contributed by atoms with van der Waals surface area (Å²) in [5.74, 6) is 0. The molecule has 0 aromatic carbocycles. The Morgan fingerprint density at radius 2 is 2.09 bits per heavy atom. The Kier molecular flexibility index (Phi) is 4.99. The highest BCUT2D eigenvalue weighted by atomic mass is 28.3. The van der Waals surface area contributed by atoms with Gasteiger partial charge in [0.2, 0.25) is 0 Å². The average molecular weight is 171 g/mol. The van der Waals surface area contributed by atoms with Gasteiger partial charge in [-0.2, -0.15) is 0 Å². The molecule has 64 valence electrons. The lowest BCUT2D eigenvalue weighted by Crippen LogP contribution is -2.29. The molecule has 3 nitrogen and oxygen atoms in total. The number of rotatable bonds is 5. The largest absolute Gasteiger partial charge is 0.0969 e. The third-order valence-corrected chi connectivity index (χ3v) is 4.47. The van der Waals surface area contributed by atoms with Gasteiger partial charge in [-0.25, -0.2) is 0 Å². The first-order chi connectivity index (χ1) is 5.12. The van der Waals surface area contributed by atoms with E-state index < -0.39 is 8.07 Å². The van der Waals surface area contributed by atoms with Crippen molar-refractivity contribution in [3.05, 3.63) is 10.4 Å². The lowest BCUT2D eigenvalue weighted by Gasteiger charge is -2.18. The van der Waals surface area contributed by atoms with E-state index in [9.17, 15) is 0 Å². The van der Waals surface area contributed by atoms with Gasteiger partial charge in [-0.15, -0.1) is 0 Å². The first kappa shape index (κ1) is 10.5. The van der Waals surface area contributed by atoms with E-state index >= 15 is 0 Å². The maximum absolute atomic E-state index is 8.14. The zero-order valence-electron chi connectivity index (χ0n) is 7.67. The zero-order valence-corrected chi connectivity index (χ0v) is 8.67. The molecule has 0 amide bonds. The van der Waals surface area contributed by atoms with Gasteiger partial charge in [0, 0.05) is 11.1 Å². The normalized spacial score (nSPS) is 10.8. The Labute approximate surface area is 69.4 Å². The van der Waals surface area contributed by atoms with Crippen molar-refractivity contribution in [2.24, 2.45) is 5.11 Å². The summed E-state index contributed by atoms with van der Waals surface area (Å²) in [6.45, 7) is 6.74. The number of azide groups is 1. The molecular formula is C7H17N3Si. The van der Waals surface area contributed by atoms with Crippen LogP contribution >= 0.6 is 0 Å². The van der Waals surface area contributed by atoms with Crippen LogP contribution in [0.25, 0.3) is 10.4 Å². The summed E-state index contributed by atoms with van der Waals surface area (Å²) in [6, 6.07) is 1.28. The zero-order chi connectivity index (χ0) is 8.74. The highest BCUT2D eigenvalue weighted by Gasteiger charge is 2.17. The fourth-order valence-corrected chi connectivity index (χ4v) is 2.87. The lowest BCUT2D eigenvalue weighted by molar-refractivity contribution is 0.863. The van der Waals surface area contributed by atoms with Crippen LogP contribution in [0.1, 0.15) is 19.8 Å². The summed E-state index contributed by atoms with van der Waals surface area (Å²) in [7, 11) is -1.17. The third-order valence-electron chi connectivity index (χ3n) is 1.77. The summed E-state index contributed by atoms with van der Waals surface area (Å²) >= 11 is 0. The fourth-order valence-electron chi connectivity index (χ4n) is 0.957. The molecule has 11 heavy (non-hydrogen) atoms. The molecule has 0 aromatic rings. The minimum Gasteiger partial charge on any atom is -0.0969 e. The summed E-state index contributed by atoms with van der Waals surface area (Å²) in [4.78, 5) is 2.79. The predicted molar refractivity (Wildman–Crippen MR) is 51.2 cm³/mol. The molecule has 0 heterocycles. The van der Waals surface area contributed by atoms with Crippen LogP contribution < -0.4 is 0 Å². The Bertz CT molecular complexity index is 150. The Morgan fingerprint density at radius 1 is 1.45 bits per heavy atom. The van der Waals surface area contributed by atoms with Crippen molar-refractivity contribution in [1.29, 1.82) is 0 Å². The first-order valence-electron chi connectivity index (χ1n) is 4.13. The van der Waals surface area contributed by atoms with E-state index in [0.717, 1.165) is 6.17 Å². The van der Waals surface area contributed by atoms with Gasteiger partial charge in [0.1, 0.15) is 0 Å². The molecule has 0 rings (SSSR count). The quantitative estimate of drug-likeness (QED) is 0.264. The summed E-state index contributed by atoms with van der Waals surface area (Å²) < 4.78 is 0. The standard InChI is InChI=1S/C7H17N3Si/c1-4-5-6-11(2,3)7-9-10-8/h4-7H2,1-3H3. The maximum Gasteiger partial charge on any atom is 0.0542 e. The molecule has 0 fully saturated rings. The molecule has 0 saturated heterocycles. The van der Waals surface area contributed by atoms with Crippen LogP contribution in [0.4, 0.5) is 0 Å². The lowest BCUT2D eigenvalue weighted by atomic mass is 10.4. The second-order valence-electron chi connectivity index (χ2n) is 3.66. The predicted octanol–water partition coefficient (Wildman–Crippen LogP) is 3.34. The van der Waals surface area contributed by atoms with E-state index in [1.54, 1.807) is 0 Å². The number of hydrogen-bond donors (Lipinski definition) is 0. The Morgan fingerprint density at radius 3 is 2.55 bits per heavy atom. The van der Waals surface area contributed by atoms with Crippen LogP contribution in [0.3, 0.4) is 0 Å². The monoisotopic (exact) mass is 171 g/mol. The minimum atomic E-state index is -1.17. The smallest absolute Gasteiger partial charge is 0.0542 e. The van der Waals surface area contributed by atoms with Gasteiger partial charge in [0.05, 0.1) is 8.07 Å². The van der Waals surface area contributed by atoms with Crippen molar-refractivity contribution in [3.8, 4) is 0 Å². The average Bonchev–Trinajstić information content (AvgIpc) is 1.97. The number of hydrogen-bond acceptors (Lipinski definition) is 1. The van der Waals surface area contributed by atoms with Gasteiger partial charge >= 0.3 is 0 Å². The van der Waals surface area contributed by atoms with Gasteiger partial charge < -0.3 is 0 Å². The molecule has 0 aliphatic rings. The fraction of sp³-hybridized carbons (Fsp3) is 1.00. The minimum absolute atomic E-state index is 0.753. The van der Waals surface area contributed by atoms with Crippen LogP contribution in [0.2, 0.25) is 19.1 Å². The maximum atomic E-state index is 8.14. The van der Waals surface area contributed by atoms with Crippen LogP contribution in [-0.2, 0) is 0 Å². The summed E-state index contributed by atoms with van der Waals surface area (Å²) in [5, 5.41) is 3.64. The van der Waals surface area contributed by atoms with Gasteiger partial charge in [-0.05, 0) is 5.53 Å². The molecular weight excluding hydrogens is 154 g/mol. The van der Waals surface area contributed by atoms with Crippen molar-refractivity contribution >= 4 is 8.07 Å². The van der Waals surface area contributed by atoms with E-state index in [0.29, 0.717) is 0 Å². The SMILES string of the molecule is CCCC[Si](C)(C)CN=[N+]=[N-]. The van der Waals surface area contributed by atoms with E-state index in [1.807, 2.05) is 0 Å². The molecule has 0 N–H and O–H groups in total. The molecule has 0 aliphatic heterocycles. The van der Waals surface area contributed by atoms with Crippen LogP contribution in [0.5, 0.6) is 0 Å². The van der Waals surface area contributed by atoms with Gasteiger partial charge in [-0.3, -0.25) is 0 Å².